The van der Waals surface area contributed by atoms with Gasteiger partial charge < -0.3 is 14.4 Å². The van der Waals surface area contributed by atoms with E-state index < -0.39 is 11.7 Å². The number of hydrogen-bond acceptors (Lipinski definition) is 7. The Morgan fingerprint density at radius 1 is 0.971 bits per heavy atom. The van der Waals surface area contributed by atoms with Crippen molar-refractivity contribution in [1.29, 1.82) is 0 Å². The number of benzene rings is 1. The first-order valence-corrected chi connectivity index (χ1v) is 11.3. The summed E-state index contributed by atoms with van der Waals surface area (Å²) < 4.78 is 49.4. The van der Waals surface area contributed by atoms with Crippen LogP contribution in [0.4, 0.5) is 19.0 Å². The smallest absolute Gasteiger partial charge is 0.417 e. The number of rotatable bonds is 11. The molecule has 0 N–H and O–H groups in total. The van der Waals surface area contributed by atoms with E-state index in [2.05, 4.69) is 15.0 Å². The van der Waals surface area contributed by atoms with Crippen LogP contribution in [0.1, 0.15) is 23.7 Å². The molecule has 0 aliphatic carbocycles. The van der Waals surface area contributed by atoms with Gasteiger partial charge in [-0.1, -0.05) is 30.7 Å². The topological polar surface area (TPSA) is 63.6 Å². The minimum atomic E-state index is -4.44. The van der Waals surface area contributed by atoms with Crippen LogP contribution in [0.2, 0.25) is 5.02 Å². The van der Waals surface area contributed by atoms with Gasteiger partial charge in [-0.2, -0.15) is 13.2 Å². The van der Waals surface area contributed by atoms with Gasteiger partial charge in [0.25, 0.3) is 0 Å². The first kappa shape index (κ1) is 26.7. The lowest BCUT2D eigenvalue weighted by molar-refractivity contribution is -0.137. The number of pyridine rings is 1. The van der Waals surface area contributed by atoms with Crippen LogP contribution in [0.5, 0.6) is 11.6 Å². The molecule has 0 saturated heterocycles. The van der Waals surface area contributed by atoms with E-state index in [0.717, 1.165) is 23.5 Å². The van der Waals surface area contributed by atoms with Gasteiger partial charge in [0.15, 0.2) is 5.82 Å². The standard InChI is InChI=1S/C24H27ClF3N5O2/c1-4-20-22(25)23(31-14-30-20)33(16-34-15-32(2)3)12-11-17-5-8-19(9-6-17)35-21-10-7-18(13-29-21)24(26,27)28/h5-10,13-14H,4,11-12,15-16H2,1-3H3. The fourth-order valence-electron chi connectivity index (χ4n) is 3.15. The van der Waals surface area contributed by atoms with Gasteiger partial charge in [0.05, 0.1) is 11.3 Å². The Kier molecular flexibility index (Phi) is 9.25. The summed E-state index contributed by atoms with van der Waals surface area (Å²) in [5.41, 5.74) is 0.970. The highest BCUT2D eigenvalue weighted by atomic mass is 35.5. The molecule has 0 radical (unpaired) electrons. The van der Waals surface area contributed by atoms with Crippen LogP contribution in [-0.2, 0) is 23.8 Å². The van der Waals surface area contributed by atoms with Crippen LogP contribution in [0.15, 0.2) is 48.9 Å². The van der Waals surface area contributed by atoms with Gasteiger partial charge in [0.1, 0.15) is 30.6 Å². The zero-order valence-electron chi connectivity index (χ0n) is 19.7. The third-order valence-corrected chi connectivity index (χ3v) is 5.34. The van der Waals surface area contributed by atoms with Crippen LogP contribution >= 0.6 is 11.6 Å². The number of ether oxygens (including phenoxy) is 2. The molecule has 0 saturated carbocycles. The summed E-state index contributed by atoms with van der Waals surface area (Å²) in [7, 11) is 3.84. The van der Waals surface area contributed by atoms with E-state index in [9.17, 15) is 13.2 Å². The Balaban J connectivity index is 1.65. The van der Waals surface area contributed by atoms with Crippen molar-refractivity contribution in [1.82, 2.24) is 19.9 Å². The minimum Gasteiger partial charge on any atom is -0.439 e. The highest BCUT2D eigenvalue weighted by molar-refractivity contribution is 6.33. The summed E-state index contributed by atoms with van der Waals surface area (Å²) in [4.78, 5) is 16.2. The first-order valence-electron chi connectivity index (χ1n) is 10.9. The molecule has 7 nitrogen and oxygen atoms in total. The third-order valence-electron chi connectivity index (χ3n) is 4.95. The molecule has 0 fully saturated rings. The SMILES string of the molecule is CCc1ncnc(N(CCc2ccc(Oc3ccc(C(F)(F)F)cn3)cc2)COCN(C)C)c1Cl. The van der Waals surface area contributed by atoms with Crippen molar-refractivity contribution in [3.8, 4) is 11.6 Å². The molecule has 0 atom stereocenters. The van der Waals surface area contributed by atoms with Gasteiger partial charge in [-0.25, -0.2) is 15.0 Å². The van der Waals surface area contributed by atoms with Gasteiger partial charge in [0, 0.05) is 18.8 Å². The van der Waals surface area contributed by atoms with Crippen LogP contribution in [0, 0.1) is 0 Å². The molecule has 0 aliphatic heterocycles. The Hall–Kier alpha value is -2.95. The second-order valence-corrected chi connectivity index (χ2v) is 8.37. The van der Waals surface area contributed by atoms with Gasteiger partial charge in [-0.3, -0.25) is 4.90 Å². The van der Waals surface area contributed by atoms with E-state index in [1.807, 2.05) is 43.0 Å². The van der Waals surface area contributed by atoms with Crippen molar-refractivity contribution in [2.45, 2.75) is 25.9 Å². The lowest BCUT2D eigenvalue weighted by atomic mass is 10.1. The Morgan fingerprint density at radius 2 is 1.71 bits per heavy atom. The Bertz CT molecular complexity index is 1080. The van der Waals surface area contributed by atoms with Crippen molar-refractivity contribution in [2.24, 2.45) is 0 Å². The fraction of sp³-hybridized carbons (Fsp3) is 0.375. The van der Waals surface area contributed by atoms with E-state index in [1.54, 1.807) is 12.1 Å². The van der Waals surface area contributed by atoms with Crippen LogP contribution in [0.25, 0.3) is 0 Å². The average molecular weight is 510 g/mol. The van der Waals surface area contributed by atoms with E-state index in [0.29, 0.717) is 49.4 Å². The lowest BCUT2D eigenvalue weighted by Gasteiger charge is -2.25. The maximum atomic E-state index is 12.7. The maximum absolute atomic E-state index is 12.7. The summed E-state index contributed by atoms with van der Waals surface area (Å²) in [6, 6.07) is 9.39. The van der Waals surface area contributed by atoms with Crippen molar-refractivity contribution in [2.75, 3.05) is 39.0 Å². The molecule has 0 bridgehead atoms. The molecule has 2 heterocycles. The summed E-state index contributed by atoms with van der Waals surface area (Å²) in [5, 5.41) is 0.510. The lowest BCUT2D eigenvalue weighted by Crippen LogP contribution is -2.32. The van der Waals surface area contributed by atoms with Crippen molar-refractivity contribution >= 4 is 17.4 Å². The minimum absolute atomic E-state index is 0.0834. The number of anilines is 1. The summed E-state index contributed by atoms with van der Waals surface area (Å²) in [6.07, 6.45) is -0.826. The van der Waals surface area contributed by atoms with Crippen molar-refractivity contribution < 1.29 is 22.6 Å². The summed E-state index contributed by atoms with van der Waals surface area (Å²) in [6.45, 7) is 3.32. The molecule has 2 aromatic heterocycles. The molecular weight excluding hydrogens is 483 g/mol. The fourth-order valence-corrected chi connectivity index (χ4v) is 3.50. The molecule has 188 valence electrons. The average Bonchev–Trinajstić information content (AvgIpc) is 2.82. The second-order valence-electron chi connectivity index (χ2n) is 8.00. The zero-order valence-corrected chi connectivity index (χ0v) is 20.5. The Labute approximate surface area is 207 Å². The predicted octanol–water partition coefficient (Wildman–Crippen LogP) is 5.44. The predicted molar refractivity (Wildman–Crippen MR) is 128 cm³/mol. The zero-order chi connectivity index (χ0) is 25.4. The van der Waals surface area contributed by atoms with Crippen LogP contribution in [0.3, 0.4) is 0 Å². The number of hydrogen-bond donors (Lipinski definition) is 0. The quantitative estimate of drug-likeness (QED) is 0.319. The van der Waals surface area contributed by atoms with Gasteiger partial charge in [0.2, 0.25) is 5.88 Å². The molecular formula is C24H27ClF3N5O2. The van der Waals surface area contributed by atoms with Gasteiger partial charge in [-0.05, 0) is 50.7 Å². The number of nitrogens with zero attached hydrogens (tertiary/aromatic N) is 5. The molecule has 0 unspecified atom stereocenters. The molecule has 1 aromatic carbocycles. The molecule has 35 heavy (non-hydrogen) atoms. The van der Waals surface area contributed by atoms with Crippen LogP contribution in [-0.4, -0.2) is 54.0 Å². The third kappa shape index (κ3) is 7.78. The largest absolute Gasteiger partial charge is 0.439 e. The highest BCUT2D eigenvalue weighted by Gasteiger charge is 2.30. The first-order chi connectivity index (χ1) is 16.7. The Morgan fingerprint density at radius 3 is 2.31 bits per heavy atom. The summed E-state index contributed by atoms with van der Waals surface area (Å²) in [5.74, 6) is 1.17. The van der Waals surface area contributed by atoms with E-state index in [4.69, 9.17) is 21.1 Å². The number of aromatic nitrogens is 3. The van der Waals surface area contributed by atoms with Crippen molar-refractivity contribution in [3.63, 3.8) is 0 Å². The molecule has 0 spiro atoms. The van der Waals surface area contributed by atoms with Crippen LogP contribution < -0.4 is 9.64 Å². The number of alkyl halides is 3. The normalized spacial score (nSPS) is 11.7. The molecule has 0 amide bonds. The van der Waals surface area contributed by atoms with E-state index in [1.165, 1.54) is 12.4 Å². The molecule has 3 aromatic rings. The number of aryl methyl sites for hydroxylation is 1. The second kappa shape index (κ2) is 12.1. The van der Waals surface area contributed by atoms with Gasteiger partial charge >= 0.3 is 6.18 Å². The molecule has 11 heteroatoms. The molecule has 3 rings (SSSR count). The maximum Gasteiger partial charge on any atom is 0.417 e. The monoisotopic (exact) mass is 509 g/mol. The van der Waals surface area contributed by atoms with Gasteiger partial charge in [-0.15, -0.1) is 0 Å². The number of halogens is 4. The summed E-state index contributed by atoms with van der Waals surface area (Å²) >= 11 is 6.54. The van der Waals surface area contributed by atoms with E-state index >= 15 is 0 Å². The molecule has 0 aliphatic rings. The highest BCUT2D eigenvalue weighted by Crippen LogP contribution is 2.30. The van der Waals surface area contributed by atoms with E-state index in [-0.39, 0.29) is 5.88 Å². The van der Waals surface area contributed by atoms with Crippen molar-refractivity contribution in [3.05, 3.63) is 70.8 Å².